The summed E-state index contributed by atoms with van der Waals surface area (Å²) in [7, 11) is 0. The largest absolute Gasteiger partial charge is 0.378 e. The summed E-state index contributed by atoms with van der Waals surface area (Å²) < 4.78 is 5.27. The number of guanidine groups is 1. The molecule has 4 nitrogen and oxygen atoms in total. The number of benzene rings is 1. The van der Waals surface area contributed by atoms with Gasteiger partial charge < -0.3 is 15.4 Å². The zero-order chi connectivity index (χ0) is 13.7. The minimum Gasteiger partial charge on any atom is -0.378 e. The molecule has 1 aromatic carbocycles. The van der Waals surface area contributed by atoms with Crippen LogP contribution in [-0.4, -0.2) is 43.7 Å². The van der Waals surface area contributed by atoms with E-state index in [9.17, 15) is 0 Å². The first kappa shape index (κ1) is 17.8. The molecule has 0 atom stereocenters. The second-order valence-corrected chi connectivity index (χ2v) is 5.10. The van der Waals surface area contributed by atoms with E-state index in [0.717, 1.165) is 18.7 Å². The Morgan fingerprint density at radius 3 is 2.45 bits per heavy atom. The van der Waals surface area contributed by atoms with Gasteiger partial charge in [-0.25, -0.2) is 0 Å². The second-order valence-electron chi connectivity index (χ2n) is 4.29. The average Bonchev–Trinajstić information content (AvgIpc) is 2.43. The van der Waals surface area contributed by atoms with Gasteiger partial charge in [0.15, 0.2) is 5.96 Å². The highest BCUT2D eigenvalue weighted by molar-refractivity contribution is 14.0. The standard InChI is InChI=1S/C13H17Cl2N3O.HI/c14-11-2-1-3-12(15)10(11)4-5-17-13(16)18-6-8-19-9-7-18;/h1-3H,4-9H2,(H2,16,17);1H. The molecule has 7 heteroatoms. The van der Waals surface area contributed by atoms with Gasteiger partial charge in [-0.05, 0) is 24.1 Å². The fourth-order valence-corrected chi connectivity index (χ4v) is 2.53. The number of halogens is 3. The van der Waals surface area contributed by atoms with Crippen LogP contribution in [0.15, 0.2) is 23.2 Å². The summed E-state index contributed by atoms with van der Waals surface area (Å²) in [4.78, 5) is 6.40. The van der Waals surface area contributed by atoms with E-state index in [0.29, 0.717) is 42.2 Å². The second kappa shape index (κ2) is 8.92. The Balaban J connectivity index is 0.00000200. The Hall–Kier alpha value is -0.240. The van der Waals surface area contributed by atoms with Gasteiger partial charge in [-0.15, -0.1) is 24.0 Å². The highest BCUT2D eigenvalue weighted by Gasteiger charge is 2.12. The van der Waals surface area contributed by atoms with Crippen molar-refractivity contribution in [1.82, 2.24) is 4.90 Å². The molecule has 0 bridgehead atoms. The maximum Gasteiger partial charge on any atom is 0.191 e. The van der Waals surface area contributed by atoms with Gasteiger partial charge in [-0.3, -0.25) is 4.99 Å². The third-order valence-electron chi connectivity index (χ3n) is 3.03. The molecule has 20 heavy (non-hydrogen) atoms. The van der Waals surface area contributed by atoms with E-state index in [2.05, 4.69) is 4.99 Å². The summed E-state index contributed by atoms with van der Waals surface area (Å²) in [5.74, 6) is 0.562. The molecular weight excluding hydrogens is 412 g/mol. The summed E-state index contributed by atoms with van der Waals surface area (Å²) in [5, 5.41) is 1.35. The Labute approximate surface area is 146 Å². The van der Waals surface area contributed by atoms with Crippen LogP contribution >= 0.6 is 47.2 Å². The summed E-state index contributed by atoms with van der Waals surface area (Å²) in [5.41, 5.74) is 6.86. The van der Waals surface area contributed by atoms with Crippen LogP contribution in [0.1, 0.15) is 5.56 Å². The zero-order valence-corrected chi connectivity index (χ0v) is 14.9. The summed E-state index contributed by atoms with van der Waals surface area (Å²) in [6.45, 7) is 3.57. The third-order valence-corrected chi connectivity index (χ3v) is 3.74. The fourth-order valence-electron chi connectivity index (χ4n) is 1.95. The number of aliphatic imine (C=N–C) groups is 1. The van der Waals surface area contributed by atoms with E-state index in [4.69, 9.17) is 33.7 Å². The van der Waals surface area contributed by atoms with E-state index in [-0.39, 0.29) is 24.0 Å². The van der Waals surface area contributed by atoms with Crippen molar-refractivity contribution in [3.05, 3.63) is 33.8 Å². The topological polar surface area (TPSA) is 50.8 Å². The van der Waals surface area contributed by atoms with Crippen molar-refractivity contribution < 1.29 is 4.74 Å². The summed E-state index contributed by atoms with van der Waals surface area (Å²) in [6, 6.07) is 5.50. The quantitative estimate of drug-likeness (QED) is 0.456. The molecule has 1 fully saturated rings. The predicted molar refractivity (Wildman–Crippen MR) is 94.5 cm³/mol. The molecule has 0 saturated carbocycles. The smallest absolute Gasteiger partial charge is 0.191 e. The van der Waals surface area contributed by atoms with Crippen molar-refractivity contribution in [3.8, 4) is 0 Å². The van der Waals surface area contributed by atoms with Gasteiger partial charge in [0.1, 0.15) is 0 Å². The molecule has 0 amide bonds. The van der Waals surface area contributed by atoms with Gasteiger partial charge in [-0.1, -0.05) is 29.3 Å². The van der Waals surface area contributed by atoms with E-state index >= 15 is 0 Å². The van der Waals surface area contributed by atoms with Crippen molar-refractivity contribution in [2.45, 2.75) is 6.42 Å². The van der Waals surface area contributed by atoms with Crippen LogP contribution in [-0.2, 0) is 11.2 Å². The molecule has 0 unspecified atom stereocenters. The highest BCUT2D eigenvalue weighted by Crippen LogP contribution is 2.24. The van der Waals surface area contributed by atoms with Crippen molar-refractivity contribution in [1.29, 1.82) is 0 Å². The van der Waals surface area contributed by atoms with Gasteiger partial charge in [0.05, 0.1) is 13.2 Å². The minimum atomic E-state index is 0. The van der Waals surface area contributed by atoms with Crippen molar-refractivity contribution in [2.24, 2.45) is 10.7 Å². The molecule has 0 spiro atoms. The first-order chi connectivity index (χ1) is 9.18. The van der Waals surface area contributed by atoms with Gasteiger partial charge in [0, 0.05) is 29.7 Å². The van der Waals surface area contributed by atoms with Gasteiger partial charge >= 0.3 is 0 Å². The summed E-state index contributed by atoms with van der Waals surface area (Å²) in [6.07, 6.45) is 0.684. The maximum absolute atomic E-state index is 6.10. The molecule has 2 rings (SSSR count). The van der Waals surface area contributed by atoms with Crippen LogP contribution in [0.3, 0.4) is 0 Å². The van der Waals surface area contributed by atoms with E-state index in [1.54, 1.807) is 0 Å². The average molecular weight is 430 g/mol. The Kier molecular flexibility index (Phi) is 7.94. The van der Waals surface area contributed by atoms with Crippen molar-refractivity contribution in [2.75, 3.05) is 32.8 Å². The van der Waals surface area contributed by atoms with Gasteiger partial charge in [0.25, 0.3) is 0 Å². The van der Waals surface area contributed by atoms with Gasteiger partial charge in [-0.2, -0.15) is 0 Å². The van der Waals surface area contributed by atoms with Crippen LogP contribution in [0, 0.1) is 0 Å². The first-order valence-corrected chi connectivity index (χ1v) is 6.99. The predicted octanol–water partition coefficient (Wildman–Crippen LogP) is 2.80. The monoisotopic (exact) mass is 429 g/mol. The third kappa shape index (κ3) is 4.95. The zero-order valence-electron chi connectivity index (χ0n) is 11.0. The maximum atomic E-state index is 6.10. The van der Waals surface area contributed by atoms with Crippen LogP contribution in [0.25, 0.3) is 0 Å². The molecule has 2 N–H and O–H groups in total. The number of morpholine rings is 1. The number of hydrogen-bond acceptors (Lipinski definition) is 2. The summed E-state index contributed by atoms with van der Waals surface area (Å²) >= 11 is 12.2. The van der Waals surface area contributed by atoms with Crippen LogP contribution in [0.5, 0.6) is 0 Å². The molecule has 1 aliphatic heterocycles. The Morgan fingerprint density at radius 2 is 1.85 bits per heavy atom. The number of ether oxygens (including phenoxy) is 1. The van der Waals surface area contributed by atoms with E-state index in [1.807, 2.05) is 23.1 Å². The molecular formula is C13H18Cl2IN3O. The van der Waals surface area contributed by atoms with E-state index in [1.165, 1.54) is 0 Å². The lowest BCUT2D eigenvalue weighted by atomic mass is 10.1. The molecule has 0 aromatic heterocycles. The number of rotatable bonds is 3. The van der Waals surface area contributed by atoms with Gasteiger partial charge in [0.2, 0.25) is 0 Å². The highest BCUT2D eigenvalue weighted by atomic mass is 127. The SMILES string of the molecule is I.NC(=NCCc1c(Cl)cccc1Cl)N1CCOCC1. The lowest BCUT2D eigenvalue weighted by Crippen LogP contribution is -2.44. The molecule has 0 aliphatic carbocycles. The van der Waals surface area contributed by atoms with Crippen LogP contribution in [0.2, 0.25) is 10.0 Å². The number of nitrogens with two attached hydrogens (primary N) is 1. The number of nitrogens with zero attached hydrogens (tertiary/aromatic N) is 2. The Morgan fingerprint density at radius 1 is 1.25 bits per heavy atom. The Bertz CT molecular complexity index is 445. The van der Waals surface area contributed by atoms with E-state index < -0.39 is 0 Å². The molecule has 0 radical (unpaired) electrons. The van der Waals surface area contributed by atoms with Crippen LogP contribution < -0.4 is 5.73 Å². The number of hydrogen-bond donors (Lipinski definition) is 1. The van der Waals surface area contributed by atoms with Crippen molar-refractivity contribution in [3.63, 3.8) is 0 Å². The fraction of sp³-hybridized carbons (Fsp3) is 0.462. The molecule has 1 aliphatic rings. The molecule has 112 valence electrons. The normalized spacial score (nSPS) is 15.9. The molecule has 1 heterocycles. The van der Waals surface area contributed by atoms with Crippen molar-refractivity contribution >= 4 is 53.1 Å². The van der Waals surface area contributed by atoms with Crippen LogP contribution in [0.4, 0.5) is 0 Å². The minimum absolute atomic E-state index is 0. The lowest BCUT2D eigenvalue weighted by Gasteiger charge is -2.27. The molecule has 1 saturated heterocycles. The lowest BCUT2D eigenvalue weighted by molar-refractivity contribution is 0.0674. The first-order valence-electron chi connectivity index (χ1n) is 6.24. The molecule has 1 aromatic rings.